The molecule has 2 amide bonds. The van der Waals surface area contributed by atoms with E-state index in [2.05, 4.69) is 10.5 Å². The maximum absolute atomic E-state index is 13.0. The summed E-state index contributed by atoms with van der Waals surface area (Å²) in [7, 11) is 0. The number of ether oxygens (including phenoxy) is 1. The third-order valence-electron chi connectivity index (χ3n) is 4.84. The molecule has 1 aromatic heterocycles. The Bertz CT molecular complexity index is 1090. The van der Waals surface area contributed by atoms with Crippen molar-refractivity contribution in [2.45, 2.75) is 37.8 Å². The molecule has 2 aliphatic rings. The Labute approximate surface area is 201 Å². The molecular weight excluding hydrogens is 490 g/mol. The molecule has 1 aromatic rings. The number of nitrogens with one attached hydrogen (secondary N) is 1. The number of oxime groups is 1. The van der Waals surface area contributed by atoms with Gasteiger partial charge in [-0.2, -0.15) is 0 Å². The molecule has 12 nitrogen and oxygen atoms in total. The van der Waals surface area contributed by atoms with Gasteiger partial charge in [0.15, 0.2) is 5.71 Å². The third-order valence-corrected chi connectivity index (χ3v) is 7.05. The quantitative estimate of drug-likeness (QED) is 0.185. The number of β-lactam (4-membered cyclic amide) rings is 1. The van der Waals surface area contributed by atoms with E-state index in [1.807, 2.05) is 0 Å². The van der Waals surface area contributed by atoms with Gasteiger partial charge in [0, 0.05) is 18.2 Å². The topological polar surface area (TPSA) is 172 Å². The third kappa shape index (κ3) is 5.07. The maximum atomic E-state index is 13.0. The first-order valence-electron chi connectivity index (χ1n) is 9.81. The first-order chi connectivity index (χ1) is 15.9. The number of thiophene rings is 1. The Balaban J connectivity index is 1.80. The van der Waals surface area contributed by atoms with E-state index in [4.69, 9.17) is 9.57 Å². The van der Waals surface area contributed by atoms with Crippen LogP contribution in [0, 0.1) is 0 Å². The van der Waals surface area contributed by atoms with E-state index in [1.165, 1.54) is 32.5 Å². The molecule has 0 bridgehead atoms. The Kier molecular flexibility index (Phi) is 7.31. The van der Waals surface area contributed by atoms with Gasteiger partial charge in [-0.05, 0) is 25.3 Å². The van der Waals surface area contributed by atoms with Crippen LogP contribution >= 0.6 is 23.1 Å². The Morgan fingerprint density at radius 1 is 1.29 bits per heavy atom. The van der Waals surface area contributed by atoms with Gasteiger partial charge in [0.05, 0.1) is 4.88 Å². The minimum Gasteiger partial charge on any atom is -0.478 e. The van der Waals surface area contributed by atoms with Crippen molar-refractivity contribution >= 4 is 58.5 Å². The van der Waals surface area contributed by atoms with Crippen molar-refractivity contribution in [2.75, 3.05) is 12.4 Å². The summed E-state index contributed by atoms with van der Waals surface area (Å²) in [6.45, 7) is 3.46. The largest absolute Gasteiger partial charge is 0.478 e. The van der Waals surface area contributed by atoms with Gasteiger partial charge in [0.1, 0.15) is 23.7 Å². The van der Waals surface area contributed by atoms with Crippen LogP contribution in [0.1, 0.15) is 25.6 Å². The fourth-order valence-corrected chi connectivity index (χ4v) is 5.03. The van der Waals surface area contributed by atoms with Crippen LogP contribution in [0.5, 0.6) is 0 Å². The molecule has 14 heteroatoms. The lowest BCUT2D eigenvalue weighted by Crippen LogP contribution is -2.71. The lowest BCUT2D eigenvalue weighted by molar-refractivity contribution is -0.161. The zero-order chi connectivity index (χ0) is 25.2. The number of nitrogens with zero attached hydrogens (tertiary/aromatic N) is 2. The van der Waals surface area contributed by atoms with E-state index in [0.29, 0.717) is 4.88 Å². The van der Waals surface area contributed by atoms with Crippen molar-refractivity contribution < 1.29 is 43.8 Å². The van der Waals surface area contributed by atoms with E-state index in [9.17, 15) is 34.2 Å². The fraction of sp³-hybridized carbons (Fsp3) is 0.400. The number of carbonyl (C=O) groups excluding carboxylic acids is 3. The smallest absolute Gasteiger partial charge is 0.352 e. The summed E-state index contributed by atoms with van der Waals surface area (Å²) in [5.41, 5.74) is -1.93. The van der Waals surface area contributed by atoms with Gasteiger partial charge in [0.2, 0.25) is 5.60 Å². The number of carbonyl (C=O) groups is 5. The van der Waals surface area contributed by atoms with Crippen LogP contribution in [-0.2, 0) is 33.5 Å². The SMILES string of the molecule is CC(=O)OCC1=C(C(=O)O)N2C(=O)[C@@H](NC(=O)/C(=N/OC(C)(C)C(=O)O)c3cccs3)[C@H]2SC1. The number of amides is 2. The molecule has 0 aliphatic carbocycles. The highest BCUT2D eigenvalue weighted by Crippen LogP contribution is 2.40. The number of hydrogen-bond donors (Lipinski definition) is 3. The minimum absolute atomic E-state index is 0.178. The molecule has 0 saturated carbocycles. The van der Waals surface area contributed by atoms with Crippen molar-refractivity contribution in [3.63, 3.8) is 0 Å². The van der Waals surface area contributed by atoms with Crippen LogP contribution in [0.2, 0.25) is 0 Å². The molecule has 3 heterocycles. The molecule has 2 atom stereocenters. The zero-order valence-electron chi connectivity index (χ0n) is 18.3. The highest BCUT2D eigenvalue weighted by atomic mass is 32.2. The average Bonchev–Trinajstić information content (AvgIpc) is 3.29. The van der Waals surface area contributed by atoms with Crippen molar-refractivity contribution in [1.29, 1.82) is 0 Å². The van der Waals surface area contributed by atoms with Crippen molar-refractivity contribution in [3.8, 4) is 0 Å². The molecule has 0 aromatic carbocycles. The summed E-state index contributed by atoms with van der Waals surface area (Å²) in [5, 5.41) is 26.1. The van der Waals surface area contributed by atoms with E-state index in [0.717, 1.165) is 16.2 Å². The van der Waals surface area contributed by atoms with Crippen molar-refractivity contribution in [2.24, 2.45) is 5.16 Å². The normalized spacial score (nSPS) is 20.3. The summed E-state index contributed by atoms with van der Waals surface area (Å²) in [6.07, 6.45) is 0. The van der Waals surface area contributed by atoms with Gasteiger partial charge in [-0.15, -0.1) is 23.1 Å². The number of hydrogen-bond acceptors (Lipinski definition) is 10. The monoisotopic (exact) mass is 511 g/mol. The highest BCUT2D eigenvalue weighted by Gasteiger charge is 2.54. The molecule has 182 valence electrons. The van der Waals surface area contributed by atoms with Crippen LogP contribution in [0.25, 0.3) is 0 Å². The first kappa shape index (κ1) is 25.2. The summed E-state index contributed by atoms with van der Waals surface area (Å²) < 4.78 is 4.89. The van der Waals surface area contributed by atoms with Gasteiger partial charge < -0.3 is 25.1 Å². The Morgan fingerprint density at radius 2 is 2.00 bits per heavy atom. The number of aliphatic carboxylic acids is 2. The molecule has 3 N–H and O–H groups in total. The molecular formula is C20H21N3O9S2. The summed E-state index contributed by atoms with van der Waals surface area (Å²) in [4.78, 5) is 66.5. The van der Waals surface area contributed by atoms with Gasteiger partial charge in [-0.3, -0.25) is 19.3 Å². The number of rotatable bonds is 9. The molecule has 1 fully saturated rings. The van der Waals surface area contributed by atoms with Gasteiger partial charge in [-0.25, -0.2) is 9.59 Å². The van der Waals surface area contributed by atoms with Crippen LogP contribution in [-0.4, -0.2) is 79.9 Å². The molecule has 1 saturated heterocycles. The first-order valence-corrected chi connectivity index (χ1v) is 11.7. The number of fused-ring (bicyclic) bond motifs is 1. The maximum Gasteiger partial charge on any atom is 0.352 e. The standard InChI is InChI=1S/C20H21N3O9S2/c1-9(24)31-7-10-8-34-17-13(16(26)23(17)14(10)18(27)28)21-15(25)12(11-5-4-6-33-11)22-32-20(2,3)19(29)30/h4-6,13,17H,7-8H2,1-3H3,(H,21,25)(H,27,28)(H,29,30)/b22-12+/t13-,17-/m1/s1. The van der Waals surface area contributed by atoms with E-state index in [-0.39, 0.29) is 29.3 Å². The predicted molar refractivity (Wildman–Crippen MR) is 120 cm³/mol. The molecule has 3 rings (SSSR count). The summed E-state index contributed by atoms with van der Waals surface area (Å²) in [5.74, 6) is -4.48. The van der Waals surface area contributed by atoms with Crippen LogP contribution < -0.4 is 5.32 Å². The molecule has 0 unspecified atom stereocenters. The second-order valence-corrected chi connectivity index (χ2v) is 9.78. The highest BCUT2D eigenvalue weighted by molar-refractivity contribution is 8.00. The molecule has 34 heavy (non-hydrogen) atoms. The second-order valence-electron chi connectivity index (χ2n) is 7.72. The predicted octanol–water partition coefficient (Wildman–Crippen LogP) is 0.634. The fourth-order valence-electron chi connectivity index (χ4n) is 3.00. The van der Waals surface area contributed by atoms with Crippen LogP contribution in [0.15, 0.2) is 33.9 Å². The van der Waals surface area contributed by atoms with Crippen LogP contribution in [0.3, 0.4) is 0 Å². The minimum atomic E-state index is -1.70. The van der Waals surface area contributed by atoms with Crippen molar-refractivity contribution in [3.05, 3.63) is 33.7 Å². The molecule has 2 aliphatic heterocycles. The Morgan fingerprint density at radius 3 is 2.56 bits per heavy atom. The lowest BCUT2D eigenvalue weighted by Gasteiger charge is -2.49. The number of esters is 1. The van der Waals surface area contributed by atoms with E-state index in [1.54, 1.807) is 17.5 Å². The number of carboxylic acid groups (broad SMARTS) is 2. The van der Waals surface area contributed by atoms with E-state index < -0.39 is 46.7 Å². The van der Waals surface area contributed by atoms with Crippen molar-refractivity contribution in [1.82, 2.24) is 10.2 Å². The van der Waals surface area contributed by atoms with Gasteiger partial charge in [0.25, 0.3) is 11.8 Å². The zero-order valence-corrected chi connectivity index (χ0v) is 19.9. The average molecular weight is 512 g/mol. The van der Waals surface area contributed by atoms with Gasteiger partial charge >= 0.3 is 17.9 Å². The lowest BCUT2D eigenvalue weighted by atomic mass is 10.0. The molecule has 0 radical (unpaired) electrons. The second kappa shape index (κ2) is 9.85. The van der Waals surface area contributed by atoms with E-state index >= 15 is 0 Å². The van der Waals surface area contributed by atoms with Crippen LogP contribution in [0.4, 0.5) is 0 Å². The Hall–Kier alpha value is -3.39. The summed E-state index contributed by atoms with van der Waals surface area (Å²) in [6, 6.07) is 2.20. The van der Waals surface area contributed by atoms with Gasteiger partial charge in [-0.1, -0.05) is 11.2 Å². The molecule has 0 spiro atoms. The summed E-state index contributed by atoms with van der Waals surface area (Å²) >= 11 is 2.37. The number of thioether (sulfide) groups is 1. The number of carboxylic acids is 2.